The third-order valence-corrected chi connectivity index (χ3v) is 5.77. The second kappa shape index (κ2) is 12.9. The fraction of sp³-hybridized carbons (Fsp3) is 0.360. The van der Waals surface area contributed by atoms with Gasteiger partial charge in [-0.2, -0.15) is 0 Å². The predicted molar refractivity (Wildman–Crippen MR) is 133 cm³/mol. The van der Waals surface area contributed by atoms with Crippen LogP contribution >= 0.6 is 12.4 Å². The van der Waals surface area contributed by atoms with E-state index in [0.717, 1.165) is 38.9 Å². The topological polar surface area (TPSA) is 64.7 Å². The molecule has 0 bridgehead atoms. The molecule has 0 unspecified atom stereocenters. The van der Waals surface area contributed by atoms with Crippen LogP contribution in [0.15, 0.2) is 67.3 Å². The SMILES string of the molecule is C=CCNC(=O)Nc1ccc(C(=O)N2CCC(N(C)CCc3ccccc3)CC2)cc1.Cl. The monoisotopic (exact) mass is 456 g/mol. The van der Waals surface area contributed by atoms with Crippen molar-refractivity contribution in [2.24, 2.45) is 0 Å². The maximum Gasteiger partial charge on any atom is 0.319 e. The highest BCUT2D eigenvalue weighted by molar-refractivity contribution is 5.95. The van der Waals surface area contributed by atoms with Gasteiger partial charge < -0.3 is 20.4 Å². The number of anilines is 1. The van der Waals surface area contributed by atoms with Gasteiger partial charge >= 0.3 is 6.03 Å². The fourth-order valence-corrected chi connectivity index (χ4v) is 3.86. The molecule has 0 radical (unpaired) electrons. The number of hydrogen-bond donors (Lipinski definition) is 2. The number of carbonyl (C=O) groups is 2. The lowest BCUT2D eigenvalue weighted by Gasteiger charge is -2.37. The van der Waals surface area contributed by atoms with E-state index in [9.17, 15) is 9.59 Å². The minimum atomic E-state index is -0.294. The Balaban J connectivity index is 0.00000363. The van der Waals surface area contributed by atoms with Crippen LogP contribution in [0.3, 0.4) is 0 Å². The van der Waals surface area contributed by atoms with Crippen LogP contribution < -0.4 is 10.6 Å². The summed E-state index contributed by atoms with van der Waals surface area (Å²) in [5.74, 6) is 0.0491. The van der Waals surface area contributed by atoms with E-state index in [4.69, 9.17) is 0 Å². The molecule has 1 aliphatic heterocycles. The summed E-state index contributed by atoms with van der Waals surface area (Å²) in [6.45, 7) is 6.53. The molecule has 2 aromatic rings. The normalized spacial score (nSPS) is 13.9. The highest BCUT2D eigenvalue weighted by Crippen LogP contribution is 2.19. The first-order chi connectivity index (χ1) is 15.1. The fourth-order valence-electron chi connectivity index (χ4n) is 3.86. The van der Waals surface area contributed by atoms with Crippen molar-refractivity contribution in [1.82, 2.24) is 15.1 Å². The number of hydrogen-bond acceptors (Lipinski definition) is 3. The molecule has 1 fully saturated rings. The van der Waals surface area contributed by atoms with Gasteiger partial charge in [0, 0.05) is 43.5 Å². The van der Waals surface area contributed by atoms with Crippen molar-refractivity contribution >= 4 is 30.0 Å². The van der Waals surface area contributed by atoms with E-state index in [0.29, 0.717) is 23.8 Å². The molecule has 32 heavy (non-hydrogen) atoms. The van der Waals surface area contributed by atoms with Gasteiger partial charge in [0.15, 0.2) is 0 Å². The molecule has 0 aliphatic carbocycles. The molecule has 1 aliphatic rings. The quantitative estimate of drug-likeness (QED) is 0.585. The number of likely N-dealkylation sites (tertiary alicyclic amines) is 1. The third kappa shape index (κ3) is 7.39. The lowest BCUT2D eigenvalue weighted by atomic mass is 10.0. The molecule has 6 nitrogen and oxygen atoms in total. The van der Waals surface area contributed by atoms with E-state index >= 15 is 0 Å². The second-order valence-corrected chi connectivity index (χ2v) is 7.94. The molecule has 0 spiro atoms. The van der Waals surface area contributed by atoms with Crippen LogP contribution in [-0.4, -0.2) is 61.0 Å². The first-order valence-corrected chi connectivity index (χ1v) is 10.9. The third-order valence-electron chi connectivity index (χ3n) is 5.77. The standard InChI is InChI=1S/C25H32N4O2.ClH/c1-3-16-26-25(31)27-22-11-9-21(10-12-22)24(30)29-18-14-23(15-19-29)28(2)17-13-20-7-5-4-6-8-20;/h3-12,23H,1,13-19H2,2H3,(H2,26,27,31);1H. The van der Waals surface area contributed by atoms with E-state index in [-0.39, 0.29) is 24.3 Å². The number of nitrogens with zero attached hydrogens (tertiary/aromatic N) is 2. The van der Waals surface area contributed by atoms with Crippen LogP contribution in [0.25, 0.3) is 0 Å². The van der Waals surface area contributed by atoms with Crippen LogP contribution in [0, 0.1) is 0 Å². The van der Waals surface area contributed by atoms with E-state index in [1.807, 2.05) is 11.0 Å². The zero-order valence-electron chi connectivity index (χ0n) is 18.6. The van der Waals surface area contributed by atoms with Crippen molar-refractivity contribution in [3.63, 3.8) is 0 Å². The first-order valence-electron chi connectivity index (χ1n) is 10.9. The van der Waals surface area contributed by atoms with Gasteiger partial charge in [-0.3, -0.25) is 4.79 Å². The minimum Gasteiger partial charge on any atom is -0.339 e. The van der Waals surface area contributed by atoms with Gasteiger partial charge in [-0.25, -0.2) is 4.79 Å². The Morgan fingerprint density at radius 2 is 1.75 bits per heavy atom. The highest BCUT2D eigenvalue weighted by Gasteiger charge is 2.25. The zero-order valence-corrected chi connectivity index (χ0v) is 19.4. The molecule has 2 N–H and O–H groups in total. The predicted octanol–water partition coefficient (Wildman–Crippen LogP) is 4.20. The van der Waals surface area contributed by atoms with E-state index < -0.39 is 0 Å². The van der Waals surface area contributed by atoms with Gasteiger partial charge in [0.1, 0.15) is 0 Å². The molecule has 1 saturated heterocycles. The largest absolute Gasteiger partial charge is 0.339 e. The molecule has 172 valence electrons. The number of halogens is 1. The van der Waals surface area contributed by atoms with Crippen LogP contribution in [0.2, 0.25) is 0 Å². The van der Waals surface area contributed by atoms with E-state index in [2.05, 4.69) is 53.4 Å². The van der Waals surface area contributed by atoms with Crippen molar-refractivity contribution in [1.29, 1.82) is 0 Å². The number of benzene rings is 2. The van der Waals surface area contributed by atoms with Crippen LogP contribution in [-0.2, 0) is 6.42 Å². The van der Waals surface area contributed by atoms with Crippen molar-refractivity contribution in [2.45, 2.75) is 25.3 Å². The number of nitrogens with one attached hydrogen (secondary N) is 2. The Morgan fingerprint density at radius 1 is 1.09 bits per heavy atom. The lowest BCUT2D eigenvalue weighted by Crippen LogP contribution is -2.46. The summed E-state index contributed by atoms with van der Waals surface area (Å²) >= 11 is 0. The number of urea groups is 1. The van der Waals surface area contributed by atoms with Gasteiger partial charge in [-0.1, -0.05) is 36.4 Å². The minimum absolute atomic E-state index is 0. The number of likely N-dealkylation sites (N-methyl/N-ethyl adjacent to an activating group) is 1. The van der Waals surface area contributed by atoms with Crippen molar-refractivity contribution in [2.75, 3.05) is 38.5 Å². The van der Waals surface area contributed by atoms with Gasteiger partial charge in [-0.15, -0.1) is 19.0 Å². The molecule has 0 aromatic heterocycles. The zero-order chi connectivity index (χ0) is 22.1. The molecule has 3 rings (SSSR count). The number of amides is 3. The van der Waals surface area contributed by atoms with Crippen molar-refractivity contribution < 1.29 is 9.59 Å². The lowest BCUT2D eigenvalue weighted by molar-refractivity contribution is 0.0647. The van der Waals surface area contributed by atoms with Crippen LogP contribution in [0.4, 0.5) is 10.5 Å². The van der Waals surface area contributed by atoms with Gasteiger partial charge in [0.25, 0.3) is 5.91 Å². The maximum absolute atomic E-state index is 12.9. The molecular formula is C25H33ClN4O2. The Labute approximate surface area is 197 Å². The Hall–Kier alpha value is -2.83. The van der Waals surface area contributed by atoms with Gasteiger partial charge in [-0.05, 0) is 56.1 Å². The highest BCUT2D eigenvalue weighted by atomic mass is 35.5. The van der Waals surface area contributed by atoms with E-state index in [1.165, 1.54) is 5.56 Å². The van der Waals surface area contributed by atoms with Crippen LogP contribution in [0.5, 0.6) is 0 Å². The molecule has 2 aromatic carbocycles. The summed E-state index contributed by atoms with van der Waals surface area (Å²) in [6, 6.07) is 17.8. The molecule has 7 heteroatoms. The van der Waals surface area contributed by atoms with Crippen molar-refractivity contribution in [3.05, 3.63) is 78.4 Å². The summed E-state index contributed by atoms with van der Waals surface area (Å²) < 4.78 is 0. The molecule has 0 saturated carbocycles. The Morgan fingerprint density at radius 3 is 2.38 bits per heavy atom. The van der Waals surface area contributed by atoms with Crippen LogP contribution in [0.1, 0.15) is 28.8 Å². The number of carbonyl (C=O) groups excluding carboxylic acids is 2. The summed E-state index contributed by atoms with van der Waals surface area (Å²) in [7, 11) is 2.18. The summed E-state index contributed by atoms with van der Waals surface area (Å²) in [6.07, 6.45) is 4.63. The van der Waals surface area contributed by atoms with Crippen molar-refractivity contribution in [3.8, 4) is 0 Å². The van der Waals surface area contributed by atoms with E-state index in [1.54, 1.807) is 30.3 Å². The molecule has 3 amide bonds. The molecule has 0 atom stereocenters. The molecular weight excluding hydrogens is 424 g/mol. The summed E-state index contributed by atoms with van der Waals surface area (Å²) in [4.78, 5) is 28.9. The second-order valence-electron chi connectivity index (χ2n) is 7.94. The average Bonchev–Trinajstić information content (AvgIpc) is 2.82. The summed E-state index contributed by atoms with van der Waals surface area (Å²) in [5.41, 5.74) is 2.66. The number of piperidine rings is 1. The first kappa shape index (κ1) is 25.4. The van der Waals surface area contributed by atoms with Gasteiger partial charge in [0.05, 0.1) is 0 Å². The smallest absolute Gasteiger partial charge is 0.319 e. The Kier molecular flexibility index (Phi) is 10.2. The Bertz CT molecular complexity index is 865. The molecule has 1 heterocycles. The van der Waals surface area contributed by atoms with Gasteiger partial charge in [0.2, 0.25) is 0 Å². The number of rotatable bonds is 8. The maximum atomic E-state index is 12.9. The summed E-state index contributed by atoms with van der Waals surface area (Å²) in [5, 5.41) is 5.39. The average molecular weight is 457 g/mol.